The fourth-order valence-electron chi connectivity index (χ4n) is 13.3. The summed E-state index contributed by atoms with van der Waals surface area (Å²) in [6.45, 7) is 3.03. The van der Waals surface area contributed by atoms with E-state index in [2.05, 4.69) is 32.8 Å². The fourth-order valence-corrected chi connectivity index (χ4v) is 13.3. The molecule has 2 saturated heterocycles. The monoisotopic (exact) mass is 1040 g/mol. The van der Waals surface area contributed by atoms with E-state index in [1.54, 1.807) is 24.5 Å². The molecule has 0 unspecified atom stereocenters. The Bertz CT molecular complexity index is 2660. The molecule has 2 aromatic carbocycles. The van der Waals surface area contributed by atoms with E-state index in [1.165, 1.54) is 24.3 Å². The number of nitrogens with one attached hydrogen (secondary N) is 2. The van der Waals surface area contributed by atoms with Gasteiger partial charge in [0.15, 0.2) is 13.2 Å². The number of amides is 4. The van der Waals surface area contributed by atoms with E-state index in [0.29, 0.717) is 11.8 Å². The average Bonchev–Trinajstić information content (AvgIpc) is 3.89. The largest absolute Gasteiger partial charge is 0.462 e. The summed E-state index contributed by atoms with van der Waals surface area (Å²) >= 11 is 0. The number of primary amides is 2. The number of pyridine rings is 2. The Morgan fingerprint density at radius 3 is 1.39 bits per heavy atom. The zero-order valence-corrected chi connectivity index (χ0v) is 42.4. The van der Waals surface area contributed by atoms with Crippen molar-refractivity contribution in [3.05, 3.63) is 120 Å². The Labute approximate surface area is 439 Å². The zero-order chi connectivity index (χ0) is 53.6. The summed E-state index contributed by atoms with van der Waals surface area (Å²) in [6, 6.07) is 20.3. The Morgan fingerprint density at radius 1 is 0.605 bits per heavy atom. The first-order valence-electron chi connectivity index (χ1n) is 26.2. The molecule has 2 aromatic heterocycles. The lowest BCUT2D eigenvalue weighted by Gasteiger charge is -2.47. The summed E-state index contributed by atoms with van der Waals surface area (Å²) in [5.74, 6) is -1.02. The van der Waals surface area contributed by atoms with Crippen molar-refractivity contribution in [3.8, 4) is 22.3 Å². The molecule has 6 fully saturated rings. The highest BCUT2D eigenvalue weighted by atomic mass is 19.1. The van der Waals surface area contributed by atoms with Gasteiger partial charge in [0.1, 0.15) is 23.8 Å². The first kappa shape index (κ1) is 53.3. The van der Waals surface area contributed by atoms with E-state index in [0.717, 1.165) is 85.0 Å². The van der Waals surface area contributed by atoms with Crippen molar-refractivity contribution < 1.29 is 56.5 Å². The van der Waals surface area contributed by atoms with Gasteiger partial charge in [0.25, 0.3) is 11.8 Å². The molecule has 0 bridgehead atoms. The van der Waals surface area contributed by atoms with E-state index < -0.39 is 37.2 Å². The molecule has 10 rings (SSSR count). The number of aromatic nitrogens is 2. The number of ether oxygens (including phenoxy) is 4. The minimum absolute atomic E-state index is 0.0929. The number of carbonyl (C=O) groups is 6. The van der Waals surface area contributed by atoms with Crippen LogP contribution in [0.15, 0.2) is 97.3 Å². The van der Waals surface area contributed by atoms with Gasteiger partial charge in [-0.2, -0.15) is 0 Å². The van der Waals surface area contributed by atoms with Crippen LogP contribution >= 0.6 is 0 Å². The lowest BCUT2D eigenvalue weighted by molar-refractivity contribution is -0.145. The highest BCUT2D eigenvalue weighted by Gasteiger charge is 2.56. The second-order valence-electron chi connectivity index (χ2n) is 21.2. The molecule has 4 saturated carbocycles. The number of halogens is 2. The van der Waals surface area contributed by atoms with Crippen molar-refractivity contribution in [1.29, 1.82) is 0 Å². The van der Waals surface area contributed by atoms with E-state index in [4.69, 9.17) is 30.4 Å². The molecular weight excluding hydrogens is 979 g/mol. The van der Waals surface area contributed by atoms with Gasteiger partial charge in [0.05, 0.1) is 23.2 Å². The molecule has 4 heterocycles. The van der Waals surface area contributed by atoms with Crippen LogP contribution in [-0.4, -0.2) is 83.4 Å². The number of rotatable bonds is 12. The molecule has 0 radical (unpaired) electrons. The number of fused-ring (bicyclic) bond motifs is 4. The number of hydrogen-bond acceptors (Lipinski definition) is 12. The van der Waals surface area contributed by atoms with Crippen molar-refractivity contribution in [3.63, 3.8) is 0 Å². The van der Waals surface area contributed by atoms with E-state index >= 15 is 0 Å². The van der Waals surface area contributed by atoms with Crippen molar-refractivity contribution in [2.24, 2.45) is 70.6 Å². The van der Waals surface area contributed by atoms with Gasteiger partial charge in [0.2, 0.25) is 0 Å². The first-order chi connectivity index (χ1) is 36.6. The Hall–Kier alpha value is -7.50. The smallest absolute Gasteiger partial charge is 0.407 e. The predicted molar refractivity (Wildman–Crippen MR) is 275 cm³/mol. The highest BCUT2D eigenvalue weighted by Crippen LogP contribution is 2.55. The van der Waals surface area contributed by atoms with Crippen molar-refractivity contribution >= 4 is 48.1 Å². The van der Waals surface area contributed by atoms with Gasteiger partial charge in [-0.3, -0.25) is 29.1 Å². The molecule has 4 aliphatic carbocycles. The van der Waals surface area contributed by atoms with Crippen LogP contribution < -0.4 is 22.1 Å². The molecule has 6 N–H and O–H groups in total. The summed E-state index contributed by atoms with van der Waals surface area (Å²) in [4.78, 5) is 80.4. The van der Waals surface area contributed by atoms with Gasteiger partial charge in [-0.05, 0) is 160 Å². The molecule has 400 valence electrons. The number of nitrogens with two attached hydrogens (primary N) is 2. The molecule has 18 heteroatoms. The number of esters is 2. The van der Waals surface area contributed by atoms with Crippen LogP contribution in [0.2, 0.25) is 0 Å². The Morgan fingerprint density at radius 2 is 1.03 bits per heavy atom. The third kappa shape index (κ3) is 12.6. The number of cyclic esters (lactones) is 2. The number of carbonyl (C=O) groups excluding carboxylic acids is 6. The standard InChI is InChI=1S/2C29H32FN3O5/c2*1-16-27-24(10-7-21-6-5-18(14-32-21)17-3-2-4-20(30)11-17)23-9-8-22(33-29(36)37-15-26(31)34)12-19(23)13-25(27)28(35)38-16/h2*2-7,10-11,14,16,19,22-25,27H,8-9,12-13,15H2,1H3,(H2,31,34)(H,33,36)/b2*10-7+/t16-,19+,22+,23-,24+,25-,27+;16-,19+,22-,23-,24+,25-,27+/m11/s1. The molecule has 14 atom stereocenters. The second kappa shape index (κ2) is 23.6. The van der Waals surface area contributed by atoms with Crippen LogP contribution in [0, 0.1) is 70.8 Å². The van der Waals surface area contributed by atoms with Gasteiger partial charge in [-0.15, -0.1) is 0 Å². The van der Waals surface area contributed by atoms with E-state index in [-0.39, 0.29) is 95.2 Å². The van der Waals surface area contributed by atoms with Gasteiger partial charge in [-0.1, -0.05) is 48.6 Å². The number of alkyl carbamates (subject to hydrolysis) is 2. The van der Waals surface area contributed by atoms with Crippen LogP contribution in [0.5, 0.6) is 0 Å². The van der Waals surface area contributed by atoms with Crippen LogP contribution in [-0.2, 0) is 38.1 Å². The molecule has 4 aromatic rings. The first-order valence-corrected chi connectivity index (χ1v) is 26.2. The Balaban J connectivity index is 0.000000186. The topological polar surface area (TPSA) is 241 Å². The summed E-state index contributed by atoms with van der Waals surface area (Å²) < 4.78 is 48.2. The maximum Gasteiger partial charge on any atom is 0.407 e. The highest BCUT2D eigenvalue weighted by molar-refractivity contribution is 5.79. The fraction of sp³-hybridized carbons (Fsp3) is 0.448. The quantitative estimate of drug-likeness (QED) is 0.0776. The summed E-state index contributed by atoms with van der Waals surface area (Å²) in [7, 11) is 0. The van der Waals surface area contributed by atoms with Gasteiger partial charge >= 0.3 is 24.1 Å². The van der Waals surface area contributed by atoms with Crippen molar-refractivity contribution in [1.82, 2.24) is 20.6 Å². The van der Waals surface area contributed by atoms with Gasteiger partial charge in [-0.25, -0.2) is 18.4 Å². The number of hydrogen-bond donors (Lipinski definition) is 4. The summed E-state index contributed by atoms with van der Waals surface area (Å²) in [6.07, 6.45) is 16.4. The third-order valence-corrected chi connectivity index (χ3v) is 16.5. The number of benzene rings is 2. The minimum atomic E-state index is -0.705. The molecule has 2 aliphatic heterocycles. The van der Waals surface area contributed by atoms with E-state index in [1.807, 2.05) is 62.4 Å². The minimum Gasteiger partial charge on any atom is -0.462 e. The maximum atomic E-state index is 13.6. The van der Waals surface area contributed by atoms with Gasteiger partial charge in [0, 0.05) is 47.4 Å². The third-order valence-electron chi connectivity index (χ3n) is 16.5. The summed E-state index contributed by atoms with van der Waals surface area (Å²) in [5, 5.41) is 5.69. The number of nitrogens with zero attached hydrogens (tertiary/aromatic N) is 2. The van der Waals surface area contributed by atoms with E-state index in [9.17, 15) is 37.5 Å². The molecule has 76 heavy (non-hydrogen) atoms. The summed E-state index contributed by atoms with van der Waals surface area (Å²) in [5.41, 5.74) is 14.9. The normalized spacial score (nSPS) is 30.3. The van der Waals surface area contributed by atoms with Crippen LogP contribution in [0.1, 0.15) is 76.6 Å². The van der Waals surface area contributed by atoms with Gasteiger partial charge < -0.3 is 41.0 Å². The van der Waals surface area contributed by atoms with Crippen LogP contribution in [0.25, 0.3) is 34.4 Å². The maximum absolute atomic E-state index is 13.6. The lowest BCUT2D eigenvalue weighted by Crippen LogP contribution is -2.48. The zero-order valence-electron chi connectivity index (χ0n) is 42.4. The predicted octanol–water partition coefficient (Wildman–Crippen LogP) is 8.19. The lowest BCUT2D eigenvalue weighted by atomic mass is 9.57. The molecule has 6 aliphatic rings. The molecule has 16 nitrogen and oxygen atoms in total. The Kier molecular flexibility index (Phi) is 16.6. The SMILES string of the molecule is C[C@H]1OC(=O)[C@@H]2C[C@@H]3C[C@@H](NC(=O)OCC(N)=O)CC[C@H]3[C@H](/C=C/c3ccc(-c4cccc(F)c4)cn3)[C@H]12.C[C@H]1OC(=O)[C@@H]2C[C@@H]3C[C@H](NC(=O)OCC(N)=O)CC[C@H]3[C@H](/C=C/c3ccc(-c4cccc(F)c4)cn3)[C@H]12. The van der Waals surface area contributed by atoms with Crippen molar-refractivity contribution in [2.75, 3.05) is 13.2 Å². The number of allylic oxidation sites excluding steroid dienone is 2. The van der Waals surface area contributed by atoms with Crippen LogP contribution in [0.4, 0.5) is 18.4 Å². The van der Waals surface area contributed by atoms with Crippen LogP contribution in [0.3, 0.4) is 0 Å². The average molecular weight is 1040 g/mol. The molecule has 4 amide bonds. The van der Waals surface area contributed by atoms with Crippen molar-refractivity contribution in [2.45, 2.75) is 89.5 Å². The second-order valence-corrected chi connectivity index (χ2v) is 21.2. The molecular formula is C58H64F2N6O10. The molecule has 0 spiro atoms.